The molecule has 21 heavy (non-hydrogen) atoms. The van der Waals surface area contributed by atoms with Gasteiger partial charge in [0.1, 0.15) is 0 Å². The van der Waals surface area contributed by atoms with Gasteiger partial charge in [0.2, 0.25) is 5.91 Å². The summed E-state index contributed by atoms with van der Waals surface area (Å²) < 4.78 is 0. The molecular formula is C15H20ClN3O2. The summed E-state index contributed by atoms with van der Waals surface area (Å²) in [6, 6.07) is 4.86. The zero-order valence-corrected chi connectivity index (χ0v) is 12.7. The Labute approximate surface area is 129 Å². The highest BCUT2D eigenvalue weighted by molar-refractivity contribution is 6.31. The van der Waals surface area contributed by atoms with Crippen molar-refractivity contribution in [3.8, 4) is 0 Å². The summed E-state index contributed by atoms with van der Waals surface area (Å²) in [5.74, 6) is 0.614. The van der Waals surface area contributed by atoms with Gasteiger partial charge < -0.3 is 16.3 Å². The standard InChI is InChI=1S/C15H20ClN3O2/c1-9-2-4-10(5-3-9)15(20)18-13-8-11(16)6-7-12(13)14(17)19-21/h6-10,21H,2-5H2,1H3,(H2,17,19)(H,18,20). The number of carbonyl (C=O) groups excluding carboxylic acids is 1. The average molecular weight is 310 g/mol. The normalized spacial score (nSPS) is 22.9. The first-order chi connectivity index (χ1) is 10.0. The summed E-state index contributed by atoms with van der Waals surface area (Å²) in [5.41, 5.74) is 6.55. The molecule has 0 aromatic heterocycles. The van der Waals surface area contributed by atoms with E-state index in [2.05, 4.69) is 17.4 Å². The maximum absolute atomic E-state index is 12.4. The van der Waals surface area contributed by atoms with E-state index in [1.807, 2.05) is 0 Å². The fourth-order valence-electron chi connectivity index (χ4n) is 2.65. The van der Waals surface area contributed by atoms with Crippen molar-refractivity contribution in [3.05, 3.63) is 28.8 Å². The van der Waals surface area contributed by atoms with Crippen LogP contribution in [0, 0.1) is 11.8 Å². The summed E-state index contributed by atoms with van der Waals surface area (Å²) in [4.78, 5) is 12.4. The smallest absolute Gasteiger partial charge is 0.227 e. The lowest BCUT2D eigenvalue weighted by Gasteiger charge is -2.25. The molecule has 2 rings (SSSR count). The number of hydrogen-bond donors (Lipinski definition) is 3. The van der Waals surface area contributed by atoms with Crippen LogP contribution in [0.15, 0.2) is 23.4 Å². The number of anilines is 1. The molecule has 0 aliphatic heterocycles. The second kappa shape index (κ2) is 6.80. The predicted molar refractivity (Wildman–Crippen MR) is 83.7 cm³/mol. The van der Waals surface area contributed by atoms with E-state index in [1.165, 1.54) is 0 Å². The molecule has 0 bridgehead atoms. The Morgan fingerprint density at radius 3 is 2.67 bits per heavy atom. The minimum absolute atomic E-state index is 0.0142. The molecule has 0 radical (unpaired) electrons. The van der Waals surface area contributed by atoms with Crippen LogP contribution in [0.25, 0.3) is 0 Å². The van der Waals surface area contributed by atoms with Crippen molar-refractivity contribution in [3.63, 3.8) is 0 Å². The van der Waals surface area contributed by atoms with E-state index in [0.717, 1.165) is 25.7 Å². The largest absolute Gasteiger partial charge is 0.409 e. The average Bonchev–Trinajstić information content (AvgIpc) is 2.47. The molecule has 0 unspecified atom stereocenters. The minimum Gasteiger partial charge on any atom is -0.409 e. The van der Waals surface area contributed by atoms with Gasteiger partial charge in [-0.3, -0.25) is 4.79 Å². The van der Waals surface area contributed by atoms with Crippen molar-refractivity contribution in [2.45, 2.75) is 32.6 Å². The molecule has 1 aromatic carbocycles. The highest BCUT2D eigenvalue weighted by atomic mass is 35.5. The Morgan fingerprint density at radius 1 is 1.38 bits per heavy atom. The lowest BCUT2D eigenvalue weighted by atomic mass is 9.82. The second-order valence-corrected chi connectivity index (χ2v) is 6.06. The number of nitrogens with two attached hydrogens (primary N) is 1. The number of nitrogens with one attached hydrogen (secondary N) is 1. The van der Waals surface area contributed by atoms with Crippen LogP contribution in [-0.2, 0) is 4.79 Å². The van der Waals surface area contributed by atoms with Crippen molar-refractivity contribution in [1.82, 2.24) is 0 Å². The number of nitrogens with zero attached hydrogens (tertiary/aromatic N) is 1. The number of rotatable bonds is 3. The van der Waals surface area contributed by atoms with E-state index in [4.69, 9.17) is 22.5 Å². The van der Waals surface area contributed by atoms with E-state index < -0.39 is 0 Å². The molecular weight excluding hydrogens is 290 g/mol. The highest BCUT2D eigenvalue weighted by Crippen LogP contribution is 2.30. The van der Waals surface area contributed by atoms with Crippen LogP contribution in [0.4, 0.5) is 5.69 Å². The number of amides is 1. The first kappa shape index (κ1) is 15.6. The van der Waals surface area contributed by atoms with Crippen LogP contribution in [0.1, 0.15) is 38.2 Å². The second-order valence-electron chi connectivity index (χ2n) is 5.62. The fraction of sp³-hybridized carbons (Fsp3) is 0.467. The van der Waals surface area contributed by atoms with Crippen LogP contribution in [-0.4, -0.2) is 17.0 Å². The Balaban J connectivity index is 2.15. The van der Waals surface area contributed by atoms with Gasteiger partial charge in [0, 0.05) is 16.5 Å². The monoisotopic (exact) mass is 309 g/mol. The fourth-order valence-corrected chi connectivity index (χ4v) is 2.83. The van der Waals surface area contributed by atoms with Gasteiger partial charge in [-0.1, -0.05) is 23.7 Å². The van der Waals surface area contributed by atoms with E-state index in [9.17, 15) is 4.79 Å². The molecule has 5 nitrogen and oxygen atoms in total. The number of benzene rings is 1. The SMILES string of the molecule is CC1CCC(C(=O)Nc2cc(Cl)ccc2/C(N)=N/O)CC1. The first-order valence-electron chi connectivity index (χ1n) is 7.09. The summed E-state index contributed by atoms with van der Waals surface area (Å²) in [5, 5.41) is 15.1. The zero-order chi connectivity index (χ0) is 15.4. The molecule has 1 aromatic rings. The predicted octanol–water partition coefficient (Wildman–Crippen LogP) is 3.20. The van der Waals surface area contributed by atoms with Gasteiger partial charge in [-0.05, 0) is 49.8 Å². The Kier molecular flexibility index (Phi) is 5.07. The van der Waals surface area contributed by atoms with Gasteiger partial charge >= 0.3 is 0 Å². The van der Waals surface area contributed by atoms with Crippen LogP contribution < -0.4 is 11.1 Å². The van der Waals surface area contributed by atoms with Crippen LogP contribution >= 0.6 is 11.6 Å². The Morgan fingerprint density at radius 2 is 2.05 bits per heavy atom. The molecule has 1 aliphatic rings. The molecule has 0 atom stereocenters. The van der Waals surface area contributed by atoms with Crippen molar-refractivity contribution in [2.24, 2.45) is 22.7 Å². The minimum atomic E-state index is -0.0563. The Bertz CT molecular complexity index is 552. The highest BCUT2D eigenvalue weighted by Gasteiger charge is 2.25. The summed E-state index contributed by atoms with van der Waals surface area (Å²) in [6.45, 7) is 2.21. The third-order valence-electron chi connectivity index (χ3n) is 4.01. The molecule has 114 valence electrons. The molecule has 6 heteroatoms. The van der Waals surface area contributed by atoms with E-state index in [1.54, 1.807) is 18.2 Å². The first-order valence-corrected chi connectivity index (χ1v) is 7.47. The van der Waals surface area contributed by atoms with Gasteiger partial charge in [-0.15, -0.1) is 0 Å². The lowest BCUT2D eigenvalue weighted by Crippen LogP contribution is -2.28. The van der Waals surface area contributed by atoms with E-state index >= 15 is 0 Å². The molecule has 1 aliphatic carbocycles. The van der Waals surface area contributed by atoms with Gasteiger partial charge in [0.05, 0.1) is 5.69 Å². The molecule has 1 saturated carbocycles. The molecule has 1 amide bonds. The number of amidine groups is 1. The van der Waals surface area contributed by atoms with Gasteiger partial charge in [-0.25, -0.2) is 0 Å². The molecule has 0 saturated heterocycles. The number of oxime groups is 1. The molecule has 1 fully saturated rings. The van der Waals surface area contributed by atoms with Crippen molar-refractivity contribution in [1.29, 1.82) is 0 Å². The molecule has 4 N–H and O–H groups in total. The van der Waals surface area contributed by atoms with Gasteiger partial charge in [0.15, 0.2) is 5.84 Å². The summed E-state index contributed by atoms with van der Waals surface area (Å²) >= 11 is 5.96. The number of hydrogen-bond acceptors (Lipinski definition) is 3. The third-order valence-corrected chi connectivity index (χ3v) is 4.24. The maximum atomic E-state index is 12.4. The quantitative estimate of drug-likeness (QED) is 0.347. The summed E-state index contributed by atoms with van der Waals surface area (Å²) in [7, 11) is 0. The van der Waals surface area contributed by atoms with Crippen LogP contribution in [0.5, 0.6) is 0 Å². The van der Waals surface area contributed by atoms with Crippen molar-refractivity contribution < 1.29 is 10.0 Å². The Hall–Kier alpha value is -1.75. The van der Waals surface area contributed by atoms with E-state index in [0.29, 0.717) is 22.2 Å². The third kappa shape index (κ3) is 3.88. The summed E-state index contributed by atoms with van der Waals surface area (Å²) in [6.07, 6.45) is 3.93. The van der Waals surface area contributed by atoms with E-state index in [-0.39, 0.29) is 17.7 Å². The topological polar surface area (TPSA) is 87.7 Å². The lowest BCUT2D eigenvalue weighted by molar-refractivity contribution is -0.121. The molecule has 0 heterocycles. The van der Waals surface area contributed by atoms with Gasteiger partial charge in [-0.2, -0.15) is 0 Å². The van der Waals surface area contributed by atoms with Crippen LogP contribution in [0.3, 0.4) is 0 Å². The molecule has 0 spiro atoms. The number of carbonyl (C=O) groups is 1. The maximum Gasteiger partial charge on any atom is 0.227 e. The number of halogens is 1. The van der Waals surface area contributed by atoms with Crippen LogP contribution in [0.2, 0.25) is 5.02 Å². The van der Waals surface area contributed by atoms with Gasteiger partial charge in [0.25, 0.3) is 0 Å². The van der Waals surface area contributed by atoms with Crippen molar-refractivity contribution in [2.75, 3.05) is 5.32 Å². The zero-order valence-electron chi connectivity index (χ0n) is 12.0. The van der Waals surface area contributed by atoms with Crippen molar-refractivity contribution >= 4 is 29.0 Å².